The van der Waals surface area contributed by atoms with Gasteiger partial charge in [0.2, 0.25) is 5.91 Å². The lowest BCUT2D eigenvalue weighted by Gasteiger charge is -2.20. The van der Waals surface area contributed by atoms with E-state index in [-0.39, 0.29) is 18.0 Å². The predicted molar refractivity (Wildman–Crippen MR) is 56.1 cm³/mol. The monoisotopic (exact) mass is 208 g/mol. The molecule has 1 amide bonds. The molecule has 1 aliphatic rings. The van der Waals surface area contributed by atoms with E-state index in [4.69, 9.17) is 5.73 Å². The highest BCUT2D eigenvalue weighted by Crippen LogP contribution is 2.14. The standard InChI is InChI=1S/C10H16N4O/c1-8(14-5-2-4-12-14)10(15)13-6-3-9(11)7-13/h2,4-5,8-9H,3,6-7,11H2,1H3/t8?,9-/m1/s1. The van der Waals surface area contributed by atoms with Crippen LogP contribution in [0, 0.1) is 0 Å². The van der Waals surface area contributed by atoms with E-state index in [1.54, 1.807) is 17.1 Å². The number of aromatic nitrogens is 2. The van der Waals surface area contributed by atoms with Gasteiger partial charge < -0.3 is 10.6 Å². The highest BCUT2D eigenvalue weighted by Gasteiger charge is 2.27. The van der Waals surface area contributed by atoms with Gasteiger partial charge in [-0.05, 0) is 19.4 Å². The maximum absolute atomic E-state index is 12.0. The molecule has 2 rings (SSSR count). The summed E-state index contributed by atoms with van der Waals surface area (Å²) in [6.45, 7) is 3.30. The molecule has 5 heteroatoms. The lowest BCUT2D eigenvalue weighted by Crippen LogP contribution is -2.36. The Morgan fingerprint density at radius 2 is 2.47 bits per heavy atom. The molecule has 2 N–H and O–H groups in total. The third-order valence-corrected chi connectivity index (χ3v) is 2.82. The molecule has 0 bridgehead atoms. The molecular weight excluding hydrogens is 192 g/mol. The van der Waals surface area contributed by atoms with Crippen molar-refractivity contribution in [2.75, 3.05) is 13.1 Å². The molecule has 1 aliphatic heterocycles. The van der Waals surface area contributed by atoms with Crippen molar-refractivity contribution in [3.05, 3.63) is 18.5 Å². The van der Waals surface area contributed by atoms with Crippen LogP contribution >= 0.6 is 0 Å². The maximum atomic E-state index is 12.0. The van der Waals surface area contributed by atoms with Crippen LogP contribution in [0.1, 0.15) is 19.4 Å². The molecule has 0 radical (unpaired) electrons. The molecule has 15 heavy (non-hydrogen) atoms. The Morgan fingerprint density at radius 1 is 1.67 bits per heavy atom. The van der Waals surface area contributed by atoms with Crippen molar-refractivity contribution in [3.63, 3.8) is 0 Å². The van der Waals surface area contributed by atoms with E-state index in [1.807, 2.05) is 17.9 Å². The van der Waals surface area contributed by atoms with E-state index in [1.165, 1.54) is 0 Å². The molecule has 0 aliphatic carbocycles. The Balaban J connectivity index is 2.02. The van der Waals surface area contributed by atoms with Crippen LogP contribution in [-0.4, -0.2) is 39.7 Å². The van der Waals surface area contributed by atoms with Crippen molar-refractivity contribution in [2.45, 2.75) is 25.4 Å². The van der Waals surface area contributed by atoms with Gasteiger partial charge in [0.05, 0.1) is 0 Å². The normalized spacial score (nSPS) is 23.1. The minimum atomic E-state index is -0.231. The van der Waals surface area contributed by atoms with E-state index >= 15 is 0 Å². The number of hydrogen-bond donors (Lipinski definition) is 1. The Morgan fingerprint density at radius 3 is 3.00 bits per heavy atom. The molecule has 0 spiro atoms. The maximum Gasteiger partial charge on any atom is 0.247 e. The van der Waals surface area contributed by atoms with Gasteiger partial charge in [0.25, 0.3) is 0 Å². The quantitative estimate of drug-likeness (QED) is 0.744. The van der Waals surface area contributed by atoms with Gasteiger partial charge in [-0.25, -0.2) is 0 Å². The fourth-order valence-corrected chi connectivity index (χ4v) is 1.87. The van der Waals surface area contributed by atoms with E-state index in [0.717, 1.165) is 13.0 Å². The number of hydrogen-bond acceptors (Lipinski definition) is 3. The number of carbonyl (C=O) groups excluding carboxylic acids is 1. The fourth-order valence-electron chi connectivity index (χ4n) is 1.87. The zero-order valence-electron chi connectivity index (χ0n) is 8.84. The van der Waals surface area contributed by atoms with Gasteiger partial charge in [-0.3, -0.25) is 9.48 Å². The van der Waals surface area contributed by atoms with Crippen LogP contribution < -0.4 is 5.73 Å². The molecule has 0 saturated carbocycles. The first-order valence-corrected chi connectivity index (χ1v) is 5.22. The van der Waals surface area contributed by atoms with Crippen LogP contribution in [0.25, 0.3) is 0 Å². The molecule has 1 fully saturated rings. The SMILES string of the molecule is CC(C(=O)N1CC[C@@H](N)C1)n1cccn1. The zero-order chi connectivity index (χ0) is 10.8. The van der Waals surface area contributed by atoms with Crippen LogP contribution in [0.15, 0.2) is 18.5 Å². The van der Waals surface area contributed by atoms with Crippen molar-refractivity contribution in [1.29, 1.82) is 0 Å². The first kappa shape index (κ1) is 10.2. The second-order valence-electron chi connectivity index (χ2n) is 4.00. The summed E-state index contributed by atoms with van der Waals surface area (Å²) in [5.41, 5.74) is 5.77. The Bertz CT molecular complexity index is 335. The molecule has 1 aromatic rings. The smallest absolute Gasteiger partial charge is 0.247 e. The first-order chi connectivity index (χ1) is 7.18. The summed E-state index contributed by atoms with van der Waals surface area (Å²) in [6, 6.07) is 1.73. The Kier molecular flexibility index (Phi) is 2.73. The summed E-state index contributed by atoms with van der Waals surface area (Å²) in [7, 11) is 0. The molecule has 1 saturated heterocycles. The molecule has 2 atom stereocenters. The molecule has 1 unspecified atom stereocenters. The molecular formula is C10H16N4O. The topological polar surface area (TPSA) is 64.2 Å². The van der Waals surface area contributed by atoms with E-state index in [0.29, 0.717) is 6.54 Å². The fraction of sp³-hybridized carbons (Fsp3) is 0.600. The molecule has 1 aromatic heterocycles. The molecule has 82 valence electrons. The highest BCUT2D eigenvalue weighted by atomic mass is 16.2. The van der Waals surface area contributed by atoms with Crippen molar-refractivity contribution >= 4 is 5.91 Å². The zero-order valence-corrected chi connectivity index (χ0v) is 8.84. The lowest BCUT2D eigenvalue weighted by molar-refractivity contribution is -0.133. The lowest BCUT2D eigenvalue weighted by atomic mass is 10.3. The van der Waals surface area contributed by atoms with Crippen LogP contribution in [0.3, 0.4) is 0 Å². The van der Waals surface area contributed by atoms with Gasteiger partial charge in [0, 0.05) is 31.5 Å². The third kappa shape index (κ3) is 2.02. The number of likely N-dealkylation sites (tertiary alicyclic amines) is 1. The van der Waals surface area contributed by atoms with Gasteiger partial charge in [0.1, 0.15) is 6.04 Å². The van der Waals surface area contributed by atoms with Gasteiger partial charge in [-0.15, -0.1) is 0 Å². The Hall–Kier alpha value is -1.36. The average Bonchev–Trinajstić information content (AvgIpc) is 2.85. The number of carbonyl (C=O) groups is 1. The molecule has 5 nitrogen and oxygen atoms in total. The van der Waals surface area contributed by atoms with E-state index < -0.39 is 0 Å². The number of rotatable bonds is 2. The van der Waals surface area contributed by atoms with Gasteiger partial charge >= 0.3 is 0 Å². The van der Waals surface area contributed by atoms with Crippen LogP contribution in [0.4, 0.5) is 0 Å². The van der Waals surface area contributed by atoms with Crippen LogP contribution in [0.5, 0.6) is 0 Å². The number of nitrogens with two attached hydrogens (primary N) is 1. The van der Waals surface area contributed by atoms with Gasteiger partial charge in [-0.2, -0.15) is 5.10 Å². The van der Waals surface area contributed by atoms with Crippen molar-refractivity contribution in [1.82, 2.24) is 14.7 Å². The average molecular weight is 208 g/mol. The van der Waals surface area contributed by atoms with Crippen molar-refractivity contribution < 1.29 is 4.79 Å². The van der Waals surface area contributed by atoms with Crippen LogP contribution in [0.2, 0.25) is 0 Å². The summed E-state index contributed by atoms with van der Waals surface area (Å²) in [5, 5.41) is 4.07. The van der Waals surface area contributed by atoms with E-state index in [9.17, 15) is 4.79 Å². The highest BCUT2D eigenvalue weighted by molar-refractivity contribution is 5.80. The summed E-state index contributed by atoms with van der Waals surface area (Å²) >= 11 is 0. The summed E-state index contributed by atoms with van der Waals surface area (Å²) in [6.07, 6.45) is 4.38. The Labute approximate surface area is 88.8 Å². The summed E-state index contributed by atoms with van der Waals surface area (Å²) < 4.78 is 1.67. The minimum absolute atomic E-state index is 0.103. The van der Waals surface area contributed by atoms with Crippen molar-refractivity contribution in [3.8, 4) is 0 Å². The first-order valence-electron chi connectivity index (χ1n) is 5.22. The van der Waals surface area contributed by atoms with Gasteiger partial charge in [-0.1, -0.05) is 0 Å². The second kappa shape index (κ2) is 4.02. The minimum Gasteiger partial charge on any atom is -0.339 e. The largest absolute Gasteiger partial charge is 0.339 e. The van der Waals surface area contributed by atoms with Gasteiger partial charge in [0.15, 0.2) is 0 Å². The predicted octanol–water partition coefficient (Wildman–Crippen LogP) is 0.00370. The second-order valence-corrected chi connectivity index (χ2v) is 4.00. The molecule has 0 aromatic carbocycles. The van der Waals surface area contributed by atoms with Crippen LogP contribution in [-0.2, 0) is 4.79 Å². The summed E-state index contributed by atoms with van der Waals surface area (Å²) in [4.78, 5) is 13.8. The van der Waals surface area contributed by atoms with Crippen molar-refractivity contribution in [2.24, 2.45) is 5.73 Å². The summed E-state index contributed by atoms with van der Waals surface area (Å²) in [5.74, 6) is 0.103. The third-order valence-electron chi connectivity index (χ3n) is 2.82. The molecule has 2 heterocycles. The number of amides is 1. The number of nitrogens with zero attached hydrogens (tertiary/aromatic N) is 3. The van der Waals surface area contributed by atoms with E-state index in [2.05, 4.69) is 5.10 Å².